The third kappa shape index (κ3) is 115. The Balaban J connectivity index is -0.000000207. The van der Waals surface area contributed by atoms with Gasteiger partial charge in [-0.15, -0.1) is 0 Å². The second kappa shape index (κ2) is 107. The summed E-state index contributed by atoms with van der Waals surface area (Å²) in [5, 5.41) is 0. The largest absolute Gasteiger partial charge is 0.463 e. The van der Waals surface area contributed by atoms with Gasteiger partial charge < -0.3 is 109 Å². The summed E-state index contributed by atoms with van der Waals surface area (Å²) in [6, 6.07) is 0. The Morgan fingerprint density at radius 2 is 0.490 bits per heavy atom. The zero-order chi connectivity index (χ0) is 116. The van der Waals surface area contributed by atoms with Gasteiger partial charge in [0.15, 0.2) is 50.3 Å². The summed E-state index contributed by atoms with van der Waals surface area (Å²) < 4.78 is 116. The van der Waals surface area contributed by atoms with Crippen LogP contribution in [0.1, 0.15) is 355 Å². The van der Waals surface area contributed by atoms with Crippen LogP contribution in [0.15, 0.2) is 136 Å². The van der Waals surface area contributed by atoms with E-state index in [0.717, 1.165) is 101 Å². The first-order valence-corrected chi connectivity index (χ1v) is 52.3. The Hall–Kier alpha value is -9.66. The van der Waals surface area contributed by atoms with Crippen molar-refractivity contribution in [2.75, 3.05) is 66.1 Å². The smallest absolute Gasteiger partial charge is 0.335 e. The van der Waals surface area contributed by atoms with Crippen molar-refractivity contribution in [2.45, 2.75) is 437 Å². The fourth-order valence-electron chi connectivity index (χ4n) is 10.6. The highest BCUT2D eigenvalue weighted by molar-refractivity contribution is 5.89. The molecular formula is C114H200O35. The Morgan fingerprint density at radius 3 is 0.738 bits per heavy atom. The standard InChI is InChI=1S/C14H26O3.C13H24O3.C12H20O3.C11H18O3.C11H20O3.C10H16O5.C10H18O3.2C9H16O3.C8H14O3.C7H12O3/c1-6-8-9-13(7-2)10-16-12(5)17-14(15)11(3)4;1-5-8-9-12(6-2)10-15-11(4)16-13(14)7-3;1-9(2)12(13)15-10(3)14-11-7-5-4-6-8-11;1-3-11(12)14-9(2)13-10-7-5-4-6-8-10;1-6-9(4)7-13-10(5)14-11(12)8(2)3;1-7(2)10(12)15-9(4)14-6-5-13-8(3)11;1-5-6-7-12-9(4)13-10(11)8(2)3;1-5-9(10)12-8(4)11-6-7(2)3;1-4-6-7-11-8(3)12-9(10)5-2;1-5-10-7(4)11-8(9)6(2)3;1-4-7(8)10-6(3)9-5-2/h12-13H,3,6-10H2,1-2,4-5H3;7,11-12H,3,5-6,8-10H2,1-2,4H3;10-11H,1,4-8H2,2-3H3;3,9-10H,1,4-8H2,2H3;9-10H,2,6-7H2,1,3-5H3;9H,1,5-6H2,2-4H3;9H,2,5-7H2,1,3-4H3;5,7-8H,1,6H2,2-4H3;5,8H,2,4,6-7H2,1,3H3;7H,2,5H2,1,3-4H3;4,6H,1,5H2,2-3H3. The molecule has 35 nitrogen and oxygen atoms in total. The molecular weight excluding hydrogens is 1930 g/mol. The van der Waals surface area contributed by atoms with E-state index in [1.165, 1.54) is 84.0 Å². The minimum atomic E-state index is -0.676. The first-order chi connectivity index (χ1) is 70.0. The van der Waals surface area contributed by atoms with Crippen LogP contribution in [-0.2, 0) is 166 Å². The molecule has 2 saturated carbocycles. The van der Waals surface area contributed by atoms with E-state index in [1.807, 2.05) is 27.7 Å². The first kappa shape index (κ1) is 157. The van der Waals surface area contributed by atoms with E-state index >= 15 is 0 Å². The lowest BCUT2D eigenvalue weighted by Gasteiger charge is -2.25. The zero-order valence-electron chi connectivity index (χ0n) is 97.1. The molecule has 0 bridgehead atoms. The number of esters is 12. The van der Waals surface area contributed by atoms with Gasteiger partial charge in [0.05, 0.1) is 58.5 Å². The SMILES string of the molecule is C=C(C)C(=O)OC(C)OC1CCCCC1.C=C(C)C(=O)OC(C)OCC.C=C(C)C(=O)OC(C)OCC(C)CC.C=C(C)C(=O)OC(C)OCC(CC)CCCC.C=C(C)C(=O)OC(C)OCCCC.C=C(C)C(=O)OC(C)OCCOC(C)=O.C=CC(=O)OC(C)OC1CCCCC1.C=CC(=O)OC(C)OCC.C=CC(=O)OC(C)OCC(C)C.C=CC(=O)OC(C)OCC(CC)CCCC.C=CC(=O)OC(C)OCCCC. The summed E-state index contributed by atoms with van der Waals surface area (Å²) in [5.41, 5.74) is 2.30. The monoisotopic (exact) mass is 2130 g/mol. The number of carbonyl (C=O) groups is 12. The van der Waals surface area contributed by atoms with Gasteiger partial charge in [0.25, 0.3) is 0 Å². The number of carbonyl (C=O) groups excluding carboxylic acids is 12. The van der Waals surface area contributed by atoms with Crippen molar-refractivity contribution in [3.8, 4) is 0 Å². The predicted molar refractivity (Wildman–Crippen MR) is 579 cm³/mol. The summed E-state index contributed by atoms with van der Waals surface area (Å²) in [6.45, 7) is 96.9. The van der Waals surface area contributed by atoms with E-state index in [4.69, 9.17) is 99.5 Å². The molecule has 0 spiro atoms. The van der Waals surface area contributed by atoms with Gasteiger partial charge in [0.2, 0.25) is 18.9 Å². The van der Waals surface area contributed by atoms with E-state index in [-0.39, 0.29) is 43.3 Å². The number of ether oxygens (including phenoxy) is 23. The van der Waals surface area contributed by atoms with Gasteiger partial charge in [-0.05, 0) is 207 Å². The lowest BCUT2D eigenvalue weighted by atomic mass is 9.98. The summed E-state index contributed by atoms with van der Waals surface area (Å²) in [5.74, 6) is -3.02. The summed E-state index contributed by atoms with van der Waals surface area (Å²) in [7, 11) is 0. The molecule has 35 heteroatoms. The molecule has 0 aromatic rings. The average Bonchev–Trinajstić information content (AvgIpc) is 0.960. The van der Waals surface area contributed by atoms with E-state index in [0.29, 0.717) is 110 Å². The lowest BCUT2D eigenvalue weighted by molar-refractivity contribution is -0.183. The van der Waals surface area contributed by atoms with Crippen molar-refractivity contribution in [2.24, 2.45) is 23.7 Å². The zero-order valence-corrected chi connectivity index (χ0v) is 97.1. The molecule has 866 valence electrons. The minimum absolute atomic E-state index is 0.143. The van der Waals surface area contributed by atoms with Crippen molar-refractivity contribution >= 4 is 71.6 Å². The number of hydrogen-bond acceptors (Lipinski definition) is 35. The van der Waals surface area contributed by atoms with Crippen LogP contribution in [-0.4, -0.2) is 219 Å². The minimum Gasteiger partial charge on any atom is -0.463 e. The fourth-order valence-corrected chi connectivity index (χ4v) is 10.6. The second-order valence-corrected chi connectivity index (χ2v) is 35.0. The molecule has 0 saturated heterocycles. The van der Waals surface area contributed by atoms with Gasteiger partial charge in [-0.3, -0.25) is 4.79 Å². The van der Waals surface area contributed by atoms with Crippen LogP contribution in [0.5, 0.6) is 0 Å². The number of rotatable bonds is 63. The van der Waals surface area contributed by atoms with Crippen LogP contribution in [0, 0.1) is 23.7 Å². The Labute approximate surface area is 896 Å². The highest BCUT2D eigenvalue weighted by Gasteiger charge is 2.23. The third-order valence-corrected chi connectivity index (χ3v) is 19.3. The second-order valence-electron chi connectivity index (χ2n) is 35.0. The molecule has 0 aromatic heterocycles. The predicted octanol–water partition coefficient (Wildman–Crippen LogP) is 24.2. The van der Waals surface area contributed by atoms with E-state index in [9.17, 15) is 57.5 Å². The van der Waals surface area contributed by atoms with Gasteiger partial charge in [0, 0.05) is 84.0 Å². The summed E-state index contributed by atoms with van der Waals surface area (Å²) in [6.07, 6.45) is 27.0. The molecule has 0 aromatic carbocycles. The highest BCUT2D eigenvalue weighted by atomic mass is 16.8. The topological polar surface area (TPSA) is 417 Å². The van der Waals surface area contributed by atoms with Gasteiger partial charge in [-0.2, -0.15) is 0 Å². The normalized spacial score (nSPS) is 14.3. The van der Waals surface area contributed by atoms with E-state index in [1.54, 1.807) is 118 Å². The lowest BCUT2D eigenvalue weighted by Crippen LogP contribution is -2.26. The quantitative estimate of drug-likeness (QED) is 0.0179. The molecule has 2 aliphatic rings. The van der Waals surface area contributed by atoms with Crippen LogP contribution in [0.3, 0.4) is 0 Å². The molecule has 14 atom stereocenters. The molecule has 0 heterocycles. The van der Waals surface area contributed by atoms with Crippen molar-refractivity contribution in [1.82, 2.24) is 0 Å². The number of hydrogen-bond donors (Lipinski definition) is 0. The maximum Gasteiger partial charge on any atom is 0.335 e. The highest BCUT2D eigenvalue weighted by Crippen LogP contribution is 2.24. The van der Waals surface area contributed by atoms with Crippen molar-refractivity contribution in [1.29, 1.82) is 0 Å². The Bertz CT molecular complexity index is 3630. The van der Waals surface area contributed by atoms with Gasteiger partial charge in [0.1, 0.15) is 6.61 Å². The molecule has 2 aliphatic carbocycles. The van der Waals surface area contributed by atoms with Crippen molar-refractivity contribution in [3.05, 3.63) is 136 Å². The van der Waals surface area contributed by atoms with E-state index < -0.39 is 123 Å². The van der Waals surface area contributed by atoms with Gasteiger partial charge in [-0.1, -0.05) is 238 Å². The van der Waals surface area contributed by atoms with E-state index in [2.05, 4.69) is 137 Å². The average molecular weight is 2130 g/mol. The molecule has 149 heavy (non-hydrogen) atoms. The molecule has 0 N–H and O–H groups in total. The van der Waals surface area contributed by atoms with Crippen molar-refractivity contribution in [3.63, 3.8) is 0 Å². The fraction of sp³-hybridized carbons (Fsp3) is 0.702. The Kier molecular flexibility index (Phi) is 112. The summed E-state index contributed by atoms with van der Waals surface area (Å²) >= 11 is 0. The third-order valence-electron chi connectivity index (χ3n) is 19.3. The summed E-state index contributed by atoms with van der Waals surface area (Å²) in [4.78, 5) is 130. The molecule has 0 aliphatic heterocycles. The molecule has 2 rings (SSSR count). The maximum atomic E-state index is 11.2. The van der Waals surface area contributed by atoms with Crippen LogP contribution in [0.4, 0.5) is 0 Å². The molecule has 0 radical (unpaired) electrons. The molecule has 0 amide bonds. The maximum absolute atomic E-state index is 11.2. The first-order valence-electron chi connectivity index (χ1n) is 52.3. The van der Waals surface area contributed by atoms with Gasteiger partial charge >= 0.3 is 71.6 Å². The van der Waals surface area contributed by atoms with Crippen LogP contribution < -0.4 is 0 Å². The van der Waals surface area contributed by atoms with Crippen LogP contribution >= 0.6 is 0 Å². The van der Waals surface area contributed by atoms with Crippen LogP contribution in [0.25, 0.3) is 0 Å². The van der Waals surface area contributed by atoms with Gasteiger partial charge in [-0.25, -0.2) is 52.7 Å². The Morgan fingerprint density at radius 1 is 0.262 bits per heavy atom. The van der Waals surface area contributed by atoms with Crippen LogP contribution in [0.2, 0.25) is 0 Å². The molecule has 2 fully saturated rings. The number of unbranched alkanes of at least 4 members (excludes halogenated alkanes) is 4. The van der Waals surface area contributed by atoms with Crippen molar-refractivity contribution < 1.29 is 166 Å². The molecule has 14 unspecified atom stereocenters.